The van der Waals surface area contributed by atoms with Crippen molar-refractivity contribution in [2.24, 2.45) is 0 Å². The van der Waals surface area contributed by atoms with Crippen molar-refractivity contribution in [3.8, 4) is 0 Å². The molecule has 0 atom stereocenters. The van der Waals surface area contributed by atoms with E-state index in [0.29, 0.717) is 0 Å². The largest absolute Gasteiger partial charge is 0.464 e. The summed E-state index contributed by atoms with van der Waals surface area (Å²) in [6, 6.07) is 15.8. The SMILES string of the molecule is Brc1ccc2ccoc2c1.Brc1cccc2occc12. The topological polar surface area (TPSA) is 26.3 Å². The number of hydrogen-bond donors (Lipinski definition) is 0. The molecule has 0 aliphatic rings. The summed E-state index contributed by atoms with van der Waals surface area (Å²) in [5.74, 6) is 0. The van der Waals surface area contributed by atoms with Crippen molar-refractivity contribution >= 4 is 53.8 Å². The van der Waals surface area contributed by atoms with Gasteiger partial charge >= 0.3 is 0 Å². The molecule has 0 radical (unpaired) electrons. The molecule has 100 valence electrons. The molecule has 20 heavy (non-hydrogen) atoms. The third-order valence-corrected chi connectivity index (χ3v) is 4.05. The zero-order valence-corrected chi connectivity index (χ0v) is 13.5. The lowest BCUT2D eigenvalue weighted by molar-refractivity contribution is 0.615. The van der Waals surface area contributed by atoms with Gasteiger partial charge in [0.1, 0.15) is 11.2 Å². The van der Waals surface area contributed by atoms with Crippen LogP contribution < -0.4 is 0 Å². The van der Waals surface area contributed by atoms with E-state index in [0.717, 1.165) is 30.9 Å². The van der Waals surface area contributed by atoms with E-state index in [4.69, 9.17) is 8.83 Å². The number of benzene rings is 2. The summed E-state index contributed by atoms with van der Waals surface area (Å²) in [5, 5.41) is 2.27. The van der Waals surface area contributed by atoms with E-state index in [-0.39, 0.29) is 0 Å². The molecule has 2 nitrogen and oxygen atoms in total. The van der Waals surface area contributed by atoms with Crippen LogP contribution in [0.4, 0.5) is 0 Å². The third kappa shape index (κ3) is 2.81. The Morgan fingerprint density at radius 2 is 1.55 bits per heavy atom. The van der Waals surface area contributed by atoms with Gasteiger partial charge in [-0.2, -0.15) is 0 Å². The van der Waals surface area contributed by atoms with E-state index in [1.54, 1.807) is 12.5 Å². The Morgan fingerprint density at radius 3 is 2.40 bits per heavy atom. The molecule has 0 saturated heterocycles. The first-order valence-corrected chi connectivity index (χ1v) is 7.57. The molecule has 2 aromatic carbocycles. The predicted octanol–water partition coefficient (Wildman–Crippen LogP) is 6.39. The molecule has 0 unspecified atom stereocenters. The Hall–Kier alpha value is -1.52. The van der Waals surface area contributed by atoms with Crippen LogP contribution >= 0.6 is 31.9 Å². The number of rotatable bonds is 0. The predicted molar refractivity (Wildman–Crippen MR) is 87.8 cm³/mol. The number of fused-ring (bicyclic) bond motifs is 2. The number of hydrogen-bond acceptors (Lipinski definition) is 2. The Morgan fingerprint density at radius 1 is 0.750 bits per heavy atom. The normalized spacial score (nSPS) is 10.5. The maximum Gasteiger partial charge on any atom is 0.134 e. The minimum atomic E-state index is 0.925. The molecule has 4 aromatic rings. The van der Waals surface area contributed by atoms with Crippen LogP contribution in [0.5, 0.6) is 0 Å². The Bertz CT molecular complexity index is 845. The molecule has 0 spiro atoms. The lowest BCUT2D eigenvalue weighted by atomic mass is 10.3. The average Bonchev–Trinajstić information content (AvgIpc) is 3.07. The summed E-state index contributed by atoms with van der Waals surface area (Å²) in [6.07, 6.45) is 3.38. The van der Waals surface area contributed by atoms with Gasteiger partial charge in [0.15, 0.2) is 0 Å². The summed E-state index contributed by atoms with van der Waals surface area (Å²) >= 11 is 6.77. The monoisotopic (exact) mass is 392 g/mol. The van der Waals surface area contributed by atoms with Crippen LogP contribution in [0.2, 0.25) is 0 Å². The van der Waals surface area contributed by atoms with Crippen LogP contribution in [0.15, 0.2) is 78.8 Å². The highest BCUT2D eigenvalue weighted by Gasteiger charge is 1.97. The maximum absolute atomic E-state index is 5.17. The summed E-state index contributed by atoms with van der Waals surface area (Å²) in [6.45, 7) is 0. The van der Waals surface area contributed by atoms with E-state index < -0.39 is 0 Å². The van der Waals surface area contributed by atoms with Gasteiger partial charge in [0.25, 0.3) is 0 Å². The van der Waals surface area contributed by atoms with Crippen molar-refractivity contribution < 1.29 is 8.83 Å². The highest BCUT2D eigenvalue weighted by Crippen LogP contribution is 2.23. The fraction of sp³-hybridized carbons (Fsp3) is 0. The van der Waals surface area contributed by atoms with Crippen molar-refractivity contribution in [2.45, 2.75) is 0 Å². The van der Waals surface area contributed by atoms with Crippen molar-refractivity contribution in [3.05, 3.63) is 70.0 Å². The Balaban J connectivity index is 0.000000121. The molecule has 0 aliphatic heterocycles. The zero-order chi connectivity index (χ0) is 13.9. The highest BCUT2D eigenvalue weighted by atomic mass is 79.9. The second kappa shape index (κ2) is 5.85. The zero-order valence-electron chi connectivity index (χ0n) is 10.3. The van der Waals surface area contributed by atoms with Gasteiger partial charge in [0.2, 0.25) is 0 Å². The molecule has 0 fully saturated rings. The second-order valence-corrected chi connectivity index (χ2v) is 5.95. The van der Waals surface area contributed by atoms with Crippen LogP contribution in [-0.2, 0) is 0 Å². The third-order valence-electron chi connectivity index (χ3n) is 2.86. The molecular formula is C16H10Br2O2. The number of furan rings is 2. The van der Waals surface area contributed by atoms with Crippen LogP contribution in [0.1, 0.15) is 0 Å². The molecule has 2 aromatic heterocycles. The molecule has 0 N–H and O–H groups in total. The van der Waals surface area contributed by atoms with E-state index in [1.165, 1.54) is 0 Å². The van der Waals surface area contributed by atoms with Gasteiger partial charge < -0.3 is 8.83 Å². The molecule has 0 bridgehead atoms. The molecule has 0 saturated carbocycles. The van der Waals surface area contributed by atoms with E-state index >= 15 is 0 Å². The van der Waals surface area contributed by atoms with Gasteiger partial charge in [-0.25, -0.2) is 0 Å². The lowest BCUT2D eigenvalue weighted by Gasteiger charge is -1.88. The van der Waals surface area contributed by atoms with Gasteiger partial charge in [-0.05, 0) is 36.4 Å². The second-order valence-electron chi connectivity index (χ2n) is 4.17. The fourth-order valence-corrected chi connectivity index (χ4v) is 2.71. The minimum absolute atomic E-state index is 0.925. The van der Waals surface area contributed by atoms with Crippen molar-refractivity contribution in [1.82, 2.24) is 0 Å². The molecule has 4 heteroatoms. The van der Waals surface area contributed by atoms with E-state index in [9.17, 15) is 0 Å². The molecule has 0 amide bonds. The molecule has 2 heterocycles. The maximum atomic E-state index is 5.17. The van der Waals surface area contributed by atoms with Crippen LogP contribution in [0.3, 0.4) is 0 Å². The fourth-order valence-electron chi connectivity index (χ4n) is 1.89. The first kappa shape index (κ1) is 13.5. The minimum Gasteiger partial charge on any atom is -0.464 e. The molecule has 4 rings (SSSR count). The van der Waals surface area contributed by atoms with Gasteiger partial charge in [-0.3, -0.25) is 0 Å². The summed E-state index contributed by atoms with van der Waals surface area (Å²) in [4.78, 5) is 0. The van der Waals surface area contributed by atoms with Crippen molar-refractivity contribution in [1.29, 1.82) is 0 Å². The first-order chi connectivity index (χ1) is 9.74. The van der Waals surface area contributed by atoms with Gasteiger partial charge in [-0.15, -0.1) is 0 Å². The Labute approximate surface area is 132 Å². The van der Waals surface area contributed by atoms with Crippen molar-refractivity contribution in [3.63, 3.8) is 0 Å². The molecule has 0 aliphatic carbocycles. The average molecular weight is 394 g/mol. The lowest BCUT2D eigenvalue weighted by Crippen LogP contribution is -1.63. The summed E-state index contributed by atoms with van der Waals surface area (Å²) < 4.78 is 12.5. The van der Waals surface area contributed by atoms with Gasteiger partial charge in [0, 0.05) is 19.7 Å². The smallest absolute Gasteiger partial charge is 0.134 e. The van der Waals surface area contributed by atoms with E-state index in [1.807, 2.05) is 48.5 Å². The summed E-state index contributed by atoms with van der Waals surface area (Å²) in [5.41, 5.74) is 1.85. The van der Waals surface area contributed by atoms with Crippen LogP contribution in [0.25, 0.3) is 21.9 Å². The standard InChI is InChI=1S/2C8H5BrO/c9-7-2-1-6-3-4-10-8(6)5-7;9-7-2-1-3-8-6(7)4-5-10-8/h2*1-5H. The highest BCUT2D eigenvalue weighted by molar-refractivity contribution is 9.11. The van der Waals surface area contributed by atoms with Gasteiger partial charge in [-0.1, -0.05) is 44.0 Å². The van der Waals surface area contributed by atoms with Crippen LogP contribution in [-0.4, -0.2) is 0 Å². The van der Waals surface area contributed by atoms with E-state index in [2.05, 4.69) is 31.9 Å². The first-order valence-electron chi connectivity index (χ1n) is 5.98. The molecular weight excluding hydrogens is 384 g/mol. The van der Waals surface area contributed by atoms with Crippen molar-refractivity contribution in [2.75, 3.05) is 0 Å². The quantitative estimate of drug-likeness (QED) is 0.346. The van der Waals surface area contributed by atoms with Crippen LogP contribution in [0, 0.1) is 0 Å². The number of halogens is 2. The summed E-state index contributed by atoms with van der Waals surface area (Å²) in [7, 11) is 0. The van der Waals surface area contributed by atoms with Gasteiger partial charge in [0.05, 0.1) is 12.5 Å². The Kier molecular flexibility index (Phi) is 3.94.